The van der Waals surface area contributed by atoms with Crippen molar-refractivity contribution < 1.29 is 13.9 Å². The van der Waals surface area contributed by atoms with E-state index in [4.69, 9.17) is 4.74 Å². The second-order valence-corrected chi connectivity index (χ2v) is 5.54. The highest BCUT2D eigenvalue weighted by Crippen LogP contribution is 2.16. The van der Waals surface area contributed by atoms with Gasteiger partial charge in [-0.1, -0.05) is 18.2 Å². The van der Waals surface area contributed by atoms with Crippen LogP contribution in [0.1, 0.15) is 12.5 Å². The number of benzene rings is 2. The van der Waals surface area contributed by atoms with Crippen molar-refractivity contribution in [2.45, 2.75) is 13.5 Å². The van der Waals surface area contributed by atoms with E-state index in [1.807, 2.05) is 12.1 Å². The number of amides is 1. The Bertz CT molecular complexity index is 747. The van der Waals surface area contributed by atoms with E-state index in [0.717, 1.165) is 5.56 Å². The minimum absolute atomic E-state index is 0.125. The van der Waals surface area contributed by atoms with Crippen LogP contribution in [0, 0.1) is 5.82 Å². The summed E-state index contributed by atoms with van der Waals surface area (Å²) in [6.45, 7) is 2.98. The van der Waals surface area contributed by atoms with Gasteiger partial charge in [0, 0.05) is 32.3 Å². The lowest BCUT2D eigenvalue weighted by Gasteiger charge is -2.13. The number of anilines is 1. The molecule has 0 aliphatic rings. The molecule has 7 heteroatoms. The topological polar surface area (TPSA) is 74.8 Å². The van der Waals surface area contributed by atoms with Crippen LogP contribution in [0.15, 0.2) is 53.5 Å². The predicted molar refractivity (Wildman–Crippen MR) is 101 cm³/mol. The minimum atomic E-state index is -0.254. The first-order chi connectivity index (χ1) is 12.6. The lowest BCUT2D eigenvalue weighted by atomic mass is 10.2. The molecule has 0 atom stereocenters. The number of nitrogens with zero attached hydrogens (tertiary/aromatic N) is 1. The summed E-state index contributed by atoms with van der Waals surface area (Å²) in [6.07, 6.45) is 0. The second kappa shape index (κ2) is 10.0. The molecule has 0 radical (unpaired) electrons. The molecule has 0 saturated heterocycles. The molecule has 0 aliphatic heterocycles. The number of hydrogen-bond donors (Lipinski definition) is 3. The van der Waals surface area contributed by atoms with Crippen molar-refractivity contribution in [2.75, 3.05) is 25.5 Å². The Morgan fingerprint density at radius 1 is 1.15 bits per heavy atom. The first kappa shape index (κ1) is 19.2. The first-order valence-electron chi connectivity index (χ1n) is 8.26. The SMILES string of the molecule is CN=C(NCCOc1cccc(NC(C)=O)c1)NCc1ccc(F)cc1. The van der Waals surface area contributed by atoms with Gasteiger partial charge < -0.3 is 20.7 Å². The Balaban J connectivity index is 1.72. The molecule has 0 unspecified atom stereocenters. The number of nitrogens with one attached hydrogen (secondary N) is 3. The van der Waals surface area contributed by atoms with Gasteiger partial charge in [0.25, 0.3) is 0 Å². The molecule has 1 amide bonds. The maximum atomic E-state index is 12.9. The van der Waals surface area contributed by atoms with Crippen molar-refractivity contribution in [3.8, 4) is 5.75 Å². The van der Waals surface area contributed by atoms with Gasteiger partial charge in [-0.2, -0.15) is 0 Å². The number of rotatable bonds is 7. The zero-order chi connectivity index (χ0) is 18.8. The highest BCUT2D eigenvalue weighted by atomic mass is 19.1. The molecule has 2 rings (SSSR count). The Labute approximate surface area is 152 Å². The van der Waals surface area contributed by atoms with Crippen LogP contribution in [-0.4, -0.2) is 32.1 Å². The maximum Gasteiger partial charge on any atom is 0.221 e. The molecule has 2 aromatic carbocycles. The van der Waals surface area contributed by atoms with Crippen LogP contribution >= 0.6 is 0 Å². The number of carbonyl (C=O) groups excluding carboxylic acids is 1. The number of ether oxygens (including phenoxy) is 1. The molecule has 0 heterocycles. The normalized spacial score (nSPS) is 11.0. The summed E-state index contributed by atoms with van der Waals surface area (Å²) in [7, 11) is 1.68. The van der Waals surface area contributed by atoms with E-state index in [9.17, 15) is 9.18 Å². The third-order valence-corrected chi connectivity index (χ3v) is 3.41. The zero-order valence-corrected chi connectivity index (χ0v) is 14.9. The minimum Gasteiger partial charge on any atom is -0.492 e. The monoisotopic (exact) mass is 358 g/mol. The van der Waals surface area contributed by atoms with Crippen molar-refractivity contribution in [1.29, 1.82) is 0 Å². The Hall–Kier alpha value is -3.09. The molecular formula is C19H23FN4O2. The van der Waals surface area contributed by atoms with Gasteiger partial charge in [-0.15, -0.1) is 0 Å². The zero-order valence-electron chi connectivity index (χ0n) is 14.9. The van der Waals surface area contributed by atoms with Crippen molar-refractivity contribution in [3.63, 3.8) is 0 Å². The van der Waals surface area contributed by atoms with Crippen LogP contribution in [0.5, 0.6) is 5.75 Å². The predicted octanol–water partition coefficient (Wildman–Crippen LogP) is 2.53. The molecule has 3 N–H and O–H groups in total. The summed E-state index contributed by atoms with van der Waals surface area (Å²) in [6, 6.07) is 13.5. The van der Waals surface area contributed by atoms with E-state index in [1.54, 1.807) is 31.3 Å². The molecule has 0 saturated carbocycles. The van der Waals surface area contributed by atoms with Crippen LogP contribution in [0.2, 0.25) is 0 Å². The van der Waals surface area contributed by atoms with E-state index in [2.05, 4.69) is 20.9 Å². The summed E-state index contributed by atoms with van der Waals surface area (Å²) in [5, 5.41) is 9.00. The second-order valence-electron chi connectivity index (χ2n) is 5.54. The van der Waals surface area contributed by atoms with Gasteiger partial charge in [-0.3, -0.25) is 9.79 Å². The third kappa shape index (κ3) is 6.80. The lowest BCUT2D eigenvalue weighted by molar-refractivity contribution is -0.114. The third-order valence-electron chi connectivity index (χ3n) is 3.41. The Morgan fingerprint density at radius 3 is 2.62 bits per heavy atom. The average Bonchev–Trinajstić information content (AvgIpc) is 2.62. The summed E-state index contributed by atoms with van der Waals surface area (Å²) >= 11 is 0. The molecule has 0 spiro atoms. The molecule has 2 aromatic rings. The van der Waals surface area contributed by atoms with Gasteiger partial charge in [0.05, 0.1) is 6.54 Å². The van der Waals surface area contributed by atoms with Crippen LogP contribution in [-0.2, 0) is 11.3 Å². The van der Waals surface area contributed by atoms with Crippen molar-refractivity contribution >= 4 is 17.6 Å². The van der Waals surface area contributed by atoms with Crippen LogP contribution in [0.25, 0.3) is 0 Å². The number of aliphatic imine (C=N–C) groups is 1. The fourth-order valence-electron chi connectivity index (χ4n) is 2.21. The summed E-state index contributed by atoms with van der Waals surface area (Å²) in [5.41, 5.74) is 1.65. The summed E-state index contributed by atoms with van der Waals surface area (Å²) in [5.74, 6) is 0.924. The summed E-state index contributed by atoms with van der Waals surface area (Å²) < 4.78 is 18.6. The van der Waals surface area contributed by atoms with Gasteiger partial charge in [-0.05, 0) is 29.8 Å². The van der Waals surface area contributed by atoms with Gasteiger partial charge in [0.15, 0.2) is 5.96 Å². The van der Waals surface area contributed by atoms with Gasteiger partial charge in [0.1, 0.15) is 18.2 Å². The van der Waals surface area contributed by atoms with E-state index >= 15 is 0 Å². The molecular weight excluding hydrogens is 335 g/mol. The van der Waals surface area contributed by atoms with Crippen LogP contribution in [0.4, 0.5) is 10.1 Å². The standard InChI is InChI=1S/C19H23FN4O2/c1-14(25)24-17-4-3-5-18(12-17)26-11-10-22-19(21-2)23-13-15-6-8-16(20)9-7-15/h3-9,12H,10-11,13H2,1-2H3,(H,24,25)(H2,21,22,23). The van der Waals surface area contributed by atoms with E-state index in [1.165, 1.54) is 19.1 Å². The van der Waals surface area contributed by atoms with E-state index in [-0.39, 0.29) is 11.7 Å². The fraction of sp³-hybridized carbons (Fsp3) is 0.263. The highest BCUT2D eigenvalue weighted by molar-refractivity contribution is 5.88. The molecule has 0 aromatic heterocycles. The van der Waals surface area contributed by atoms with Crippen molar-refractivity contribution in [1.82, 2.24) is 10.6 Å². The maximum absolute atomic E-state index is 12.9. The van der Waals surface area contributed by atoms with Gasteiger partial charge in [-0.25, -0.2) is 4.39 Å². The molecule has 138 valence electrons. The largest absolute Gasteiger partial charge is 0.492 e. The van der Waals surface area contributed by atoms with Crippen molar-refractivity contribution in [3.05, 3.63) is 59.9 Å². The molecule has 0 aliphatic carbocycles. The van der Waals surface area contributed by atoms with Gasteiger partial charge in [0.2, 0.25) is 5.91 Å². The quantitative estimate of drug-likeness (QED) is 0.404. The van der Waals surface area contributed by atoms with Gasteiger partial charge >= 0.3 is 0 Å². The van der Waals surface area contributed by atoms with E-state index in [0.29, 0.717) is 37.1 Å². The smallest absolute Gasteiger partial charge is 0.221 e. The Morgan fingerprint density at radius 2 is 1.92 bits per heavy atom. The number of carbonyl (C=O) groups is 1. The lowest BCUT2D eigenvalue weighted by Crippen LogP contribution is -2.38. The number of hydrogen-bond acceptors (Lipinski definition) is 3. The highest BCUT2D eigenvalue weighted by Gasteiger charge is 2.01. The van der Waals surface area contributed by atoms with Crippen molar-refractivity contribution in [2.24, 2.45) is 4.99 Å². The molecule has 0 fully saturated rings. The fourth-order valence-corrected chi connectivity index (χ4v) is 2.21. The summed E-state index contributed by atoms with van der Waals surface area (Å²) in [4.78, 5) is 15.2. The van der Waals surface area contributed by atoms with Crippen LogP contribution < -0.4 is 20.7 Å². The average molecular weight is 358 g/mol. The molecule has 26 heavy (non-hydrogen) atoms. The van der Waals surface area contributed by atoms with E-state index < -0.39 is 0 Å². The van der Waals surface area contributed by atoms with Crippen LogP contribution in [0.3, 0.4) is 0 Å². The molecule has 0 bridgehead atoms. The number of halogens is 1. The Kier molecular flexibility index (Phi) is 7.42. The molecule has 6 nitrogen and oxygen atoms in total. The first-order valence-corrected chi connectivity index (χ1v) is 8.26. The number of guanidine groups is 1.